The lowest BCUT2D eigenvalue weighted by Crippen LogP contribution is -2.35. The van der Waals surface area contributed by atoms with Crippen LogP contribution < -0.4 is 0 Å². The summed E-state index contributed by atoms with van der Waals surface area (Å²) in [6.45, 7) is 5.87. The van der Waals surface area contributed by atoms with Crippen molar-refractivity contribution in [3.05, 3.63) is 34.6 Å². The lowest BCUT2D eigenvalue weighted by molar-refractivity contribution is 0.187. The zero-order valence-electron chi connectivity index (χ0n) is 10.9. The van der Waals surface area contributed by atoms with E-state index in [1.807, 2.05) is 6.07 Å². The zero-order valence-corrected chi connectivity index (χ0v) is 13.3. The molecule has 4 heteroatoms. The van der Waals surface area contributed by atoms with Crippen LogP contribution in [0, 0.1) is 5.82 Å². The van der Waals surface area contributed by atoms with E-state index in [1.165, 1.54) is 0 Å². The summed E-state index contributed by atoms with van der Waals surface area (Å²) in [5.41, 5.74) is 0.676. The molecular weight excluding hydrogens is 317 g/mol. The molecule has 0 fully saturated rings. The van der Waals surface area contributed by atoms with Crippen LogP contribution in [0.15, 0.2) is 18.2 Å². The maximum Gasteiger partial charge on any atom is 0.146 e. The van der Waals surface area contributed by atoms with E-state index in [2.05, 4.69) is 34.7 Å². The van der Waals surface area contributed by atoms with Crippen LogP contribution in [-0.2, 0) is 6.54 Å². The molecule has 0 aliphatic rings. The van der Waals surface area contributed by atoms with Gasteiger partial charge in [0.25, 0.3) is 0 Å². The highest BCUT2D eigenvalue weighted by atomic mass is 79.9. The molecule has 0 N–H and O–H groups in total. The van der Waals surface area contributed by atoms with Gasteiger partial charge < -0.3 is 0 Å². The first-order valence-corrected chi connectivity index (χ1v) is 7.86. The van der Waals surface area contributed by atoms with Crippen molar-refractivity contribution in [2.45, 2.75) is 39.3 Å². The molecule has 0 amide bonds. The average Bonchev–Trinajstić information content (AvgIpc) is 2.36. The second-order valence-corrected chi connectivity index (χ2v) is 5.54. The van der Waals surface area contributed by atoms with E-state index in [0.29, 0.717) is 18.2 Å². The summed E-state index contributed by atoms with van der Waals surface area (Å²) in [4.78, 5) is 2.31. The molecule has 1 nitrogen and oxygen atoms in total. The molecule has 0 heterocycles. The molecule has 0 aliphatic heterocycles. The minimum atomic E-state index is -0.287. The Labute approximate surface area is 122 Å². The van der Waals surface area contributed by atoms with Gasteiger partial charge in [0, 0.05) is 30.0 Å². The highest BCUT2D eigenvalue weighted by Crippen LogP contribution is 2.21. The molecule has 18 heavy (non-hydrogen) atoms. The first-order valence-electron chi connectivity index (χ1n) is 6.36. The zero-order chi connectivity index (χ0) is 13.5. The number of nitrogens with zero attached hydrogens (tertiary/aromatic N) is 1. The predicted molar refractivity (Wildman–Crippen MR) is 80.0 cm³/mol. The molecular formula is C14H20BrClFN. The van der Waals surface area contributed by atoms with Crippen LogP contribution in [0.25, 0.3) is 0 Å². The largest absolute Gasteiger partial charge is 0.295 e. The van der Waals surface area contributed by atoms with Gasteiger partial charge in [-0.15, -0.1) is 0 Å². The minimum absolute atomic E-state index is 0.204. The maximum atomic E-state index is 13.9. The summed E-state index contributed by atoms with van der Waals surface area (Å²) in [6, 6.07) is 5.69. The molecule has 0 unspecified atom stereocenters. The van der Waals surface area contributed by atoms with E-state index in [-0.39, 0.29) is 10.8 Å². The quantitative estimate of drug-likeness (QED) is 0.642. The molecule has 0 aromatic heterocycles. The number of hydrogen-bond acceptors (Lipinski definition) is 1. The Morgan fingerprint density at radius 3 is 2.56 bits per heavy atom. The number of halogens is 3. The molecule has 1 aromatic rings. The smallest absolute Gasteiger partial charge is 0.146 e. The fraction of sp³-hybridized carbons (Fsp3) is 0.571. The number of benzene rings is 1. The van der Waals surface area contributed by atoms with Crippen molar-refractivity contribution in [2.24, 2.45) is 0 Å². The maximum absolute atomic E-state index is 13.9. The van der Waals surface area contributed by atoms with Gasteiger partial charge in [0.05, 0.1) is 5.02 Å². The Hall–Kier alpha value is -0.120. The highest BCUT2D eigenvalue weighted by molar-refractivity contribution is 9.09. The summed E-state index contributed by atoms with van der Waals surface area (Å²) in [5.74, 6) is -0.287. The SMILES string of the molecule is CCC(CC)N(CCBr)Cc1cccc(Cl)c1F. The van der Waals surface area contributed by atoms with Gasteiger partial charge in [-0.3, -0.25) is 4.90 Å². The van der Waals surface area contributed by atoms with Crippen molar-refractivity contribution in [1.29, 1.82) is 0 Å². The predicted octanol–water partition coefficient (Wildman–Crippen LogP) is 4.86. The number of alkyl halides is 1. The molecule has 0 atom stereocenters. The fourth-order valence-corrected chi connectivity index (χ4v) is 2.84. The Balaban J connectivity index is 2.85. The Kier molecular flexibility index (Phi) is 7.20. The fourth-order valence-electron chi connectivity index (χ4n) is 2.19. The summed E-state index contributed by atoms with van der Waals surface area (Å²) in [7, 11) is 0. The van der Waals surface area contributed by atoms with Gasteiger partial charge in [0.1, 0.15) is 5.82 Å². The van der Waals surface area contributed by atoms with E-state index in [1.54, 1.807) is 12.1 Å². The van der Waals surface area contributed by atoms with Crippen LogP contribution in [0.4, 0.5) is 4.39 Å². The topological polar surface area (TPSA) is 3.24 Å². The lowest BCUT2D eigenvalue weighted by Gasteiger charge is -2.30. The van der Waals surface area contributed by atoms with Gasteiger partial charge in [0.2, 0.25) is 0 Å². The summed E-state index contributed by atoms with van der Waals surface area (Å²) in [5, 5.41) is 1.10. The third kappa shape index (κ3) is 4.22. The summed E-state index contributed by atoms with van der Waals surface area (Å²) in [6.07, 6.45) is 2.15. The first-order chi connectivity index (χ1) is 8.63. The monoisotopic (exact) mass is 335 g/mol. The van der Waals surface area contributed by atoms with E-state index < -0.39 is 0 Å². The van der Waals surface area contributed by atoms with Crippen molar-refractivity contribution < 1.29 is 4.39 Å². The van der Waals surface area contributed by atoms with E-state index in [0.717, 1.165) is 24.7 Å². The molecule has 102 valence electrons. The molecule has 1 rings (SSSR count). The molecule has 1 aromatic carbocycles. The van der Waals surface area contributed by atoms with Crippen molar-refractivity contribution in [3.8, 4) is 0 Å². The molecule has 0 saturated carbocycles. The first kappa shape index (κ1) is 15.9. The van der Waals surface area contributed by atoms with E-state index >= 15 is 0 Å². The van der Waals surface area contributed by atoms with Crippen molar-refractivity contribution >= 4 is 27.5 Å². The van der Waals surface area contributed by atoms with E-state index in [9.17, 15) is 4.39 Å². The molecule has 0 bridgehead atoms. The molecule has 0 spiro atoms. The van der Waals surface area contributed by atoms with Gasteiger partial charge in [0.15, 0.2) is 0 Å². The average molecular weight is 337 g/mol. The van der Waals surface area contributed by atoms with Crippen molar-refractivity contribution in [1.82, 2.24) is 4.90 Å². The van der Waals surface area contributed by atoms with Crippen molar-refractivity contribution in [2.75, 3.05) is 11.9 Å². The van der Waals surface area contributed by atoms with Gasteiger partial charge in [-0.05, 0) is 18.9 Å². The molecule has 0 radical (unpaired) electrons. The standard InChI is InChI=1S/C14H20BrClFN/c1-3-12(4-2)18(9-8-15)10-11-6-5-7-13(16)14(11)17/h5-7,12H,3-4,8-10H2,1-2H3. The normalized spacial score (nSPS) is 11.5. The molecule has 0 saturated heterocycles. The Bertz CT molecular complexity index is 369. The number of rotatable bonds is 7. The minimum Gasteiger partial charge on any atom is -0.295 e. The van der Waals surface area contributed by atoms with Crippen LogP contribution >= 0.6 is 27.5 Å². The highest BCUT2D eigenvalue weighted by Gasteiger charge is 2.17. The van der Waals surface area contributed by atoms with Crippen LogP contribution in [0.1, 0.15) is 32.3 Å². The Morgan fingerprint density at radius 1 is 1.33 bits per heavy atom. The van der Waals surface area contributed by atoms with Crippen LogP contribution in [0.3, 0.4) is 0 Å². The van der Waals surface area contributed by atoms with Crippen LogP contribution in [0.5, 0.6) is 0 Å². The third-order valence-electron chi connectivity index (χ3n) is 3.24. The second-order valence-electron chi connectivity index (χ2n) is 4.34. The number of hydrogen-bond donors (Lipinski definition) is 0. The Morgan fingerprint density at radius 2 is 2.00 bits per heavy atom. The second kappa shape index (κ2) is 8.13. The molecule has 0 aliphatic carbocycles. The summed E-state index contributed by atoms with van der Waals surface area (Å²) < 4.78 is 13.9. The summed E-state index contributed by atoms with van der Waals surface area (Å²) >= 11 is 9.28. The van der Waals surface area contributed by atoms with E-state index in [4.69, 9.17) is 11.6 Å². The van der Waals surface area contributed by atoms with Crippen LogP contribution in [0.2, 0.25) is 5.02 Å². The van der Waals surface area contributed by atoms with Crippen LogP contribution in [-0.4, -0.2) is 22.8 Å². The van der Waals surface area contributed by atoms with Gasteiger partial charge >= 0.3 is 0 Å². The van der Waals surface area contributed by atoms with Gasteiger partial charge in [-0.25, -0.2) is 4.39 Å². The van der Waals surface area contributed by atoms with Gasteiger partial charge in [-0.2, -0.15) is 0 Å². The van der Waals surface area contributed by atoms with Gasteiger partial charge in [-0.1, -0.05) is 53.5 Å². The lowest BCUT2D eigenvalue weighted by atomic mass is 10.1. The third-order valence-corrected chi connectivity index (χ3v) is 3.88. The van der Waals surface area contributed by atoms with Crippen molar-refractivity contribution in [3.63, 3.8) is 0 Å².